The molecule has 1 aliphatic rings. The number of hydrogen-bond acceptors (Lipinski definition) is 7. The Kier molecular flexibility index (Phi) is 4.39. The average molecular weight is 344 g/mol. The van der Waals surface area contributed by atoms with Crippen LogP contribution in [-0.2, 0) is 11.4 Å². The number of aromatic carboxylic acids is 1. The van der Waals surface area contributed by atoms with Crippen LogP contribution in [0.3, 0.4) is 0 Å². The Morgan fingerprint density at radius 1 is 1.21 bits per heavy atom. The normalized spacial score (nSPS) is 15.6. The lowest BCUT2D eigenvalue weighted by molar-refractivity contribution is -0.257. The summed E-state index contributed by atoms with van der Waals surface area (Å²) < 4.78 is 10.5. The molecule has 3 rings (SSSR count). The number of carboxylic acid groups (broad SMARTS) is 1. The van der Waals surface area contributed by atoms with E-state index in [1.807, 2.05) is 0 Å². The van der Waals surface area contributed by atoms with Crippen LogP contribution in [0, 0.1) is 0 Å². The lowest BCUT2D eigenvalue weighted by Gasteiger charge is -2.05. The molecule has 1 saturated heterocycles. The average Bonchev–Trinajstić information content (AvgIpc) is 3.14. The van der Waals surface area contributed by atoms with Crippen molar-refractivity contribution in [1.29, 1.82) is 0 Å². The van der Waals surface area contributed by atoms with Gasteiger partial charge in [0.2, 0.25) is 0 Å². The molecule has 0 unspecified atom stereocenters. The highest BCUT2D eigenvalue weighted by molar-refractivity contribution is 8.18. The Bertz CT molecular complexity index is 837. The highest BCUT2D eigenvalue weighted by Gasteiger charge is 2.24. The van der Waals surface area contributed by atoms with Crippen molar-refractivity contribution in [3.8, 4) is 5.75 Å². The Morgan fingerprint density at radius 3 is 2.54 bits per heavy atom. The maximum absolute atomic E-state index is 11.5. The molecule has 0 aliphatic carbocycles. The molecule has 1 N–H and O–H groups in total. The third-order valence-corrected chi connectivity index (χ3v) is 3.87. The van der Waals surface area contributed by atoms with E-state index in [1.54, 1.807) is 30.3 Å². The summed E-state index contributed by atoms with van der Waals surface area (Å²) in [6, 6.07) is 9.63. The minimum absolute atomic E-state index is 0.0699. The van der Waals surface area contributed by atoms with Crippen LogP contribution in [0.5, 0.6) is 5.75 Å². The van der Waals surface area contributed by atoms with Crippen molar-refractivity contribution in [2.45, 2.75) is 6.61 Å². The second kappa shape index (κ2) is 6.63. The number of thioether (sulfide) groups is 1. The third-order valence-electron chi connectivity index (χ3n) is 3.06. The first-order valence-corrected chi connectivity index (χ1v) is 7.61. The number of ether oxygens (including phenoxy) is 1. The van der Waals surface area contributed by atoms with E-state index in [9.17, 15) is 19.5 Å². The summed E-state index contributed by atoms with van der Waals surface area (Å²) in [5.74, 6) is -1.14. The largest absolute Gasteiger partial charge is 0.542 e. The zero-order chi connectivity index (χ0) is 17.1. The molecule has 1 aromatic heterocycles. The standard InChI is InChI=1S/C16H11NO6S/c18-14-13(24-16(21)17-14)7-9-1-3-10(4-2-9)22-8-11-5-6-12(23-11)15(19)20/h1-7H,8H2,(H,19,20)(H,17,18,21)/p-1/b13-7+. The summed E-state index contributed by atoms with van der Waals surface area (Å²) in [7, 11) is 0. The van der Waals surface area contributed by atoms with Gasteiger partial charge in [0.05, 0.1) is 4.91 Å². The molecule has 2 amide bonds. The molecular weight excluding hydrogens is 334 g/mol. The predicted molar refractivity (Wildman–Crippen MR) is 82.9 cm³/mol. The van der Waals surface area contributed by atoms with Crippen molar-refractivity contribution in [1.82, 2.24) is 5.32 Å². The molecule has 0 atom stereocenters. The van der Waals surface area contributed by atoms with Crippen LogP contribution in [0.15, 0.2) is 45.7 Å². The number of rotatable bonds is 5. The van der Waals surface area contributed by atoms with Crippen molar-refractivity contribution in [3.05, 3.63) is 58.4 Å². The number of benzene rings is 1. The van der Waals surface area contributed by atoms with Crippen molar-refractivity contribution in [2.75, 3.05) is 0 Å². The molecule has 0 radical (unpaired) electrons. The summed E-state index contributed by atoms with van der Waals surface area (Å²) >= 11 is 0.850. The minimum Gasteiger partial charge on any atom is -0.542 e. The molecule has 7 nitrogen and oxygen atoms in total. The number of amides is 2. The summed E-state index contributed by atoms with van der Waals surface area (Å²) in [5, 5.41) is 12.4. The summed E-state index contributed by atoms with van der Waals surface area (Å²) in [6.07, 6.45) is 1.60. The number of imide groups is 1. The zero-order valence-corrected chi connectivity index (χ0v) is 12.9. The molecule has 24 heavy (non-hydrogen) atoms. The third kappa shape index (κ3) is 3.66. The van der Waals surface area contributed by atoms with Crippen LogP contribution < -0.4 is 15.2 Å². The van der Waals surface area contributed by atoms with E-state index in [1.165, 1.54) is 12.1 Å². The first-order chi connectivity index (χ1) is 11.5. The van der Waals surface area contributed by atoms with Crippen LogP contribution in [-0.4, -0.2) is 17.1 Å². The summed E-state index contributed by atoms with van der Waals surface area (Å²) in [4.78, 5) is 33.5. The first-order valence-electron chi connectivity index (χ1n) is 6.79. The molecule has 1 aromatic carbocycles. The van der Waals surface area contributed by atoms with E-state index < -0.39 is 11.9 Å². The van der Waals surface area contributed by atoms with Crippen LogP contribution in [0.4, 0.5) is 4.79 Å². The van der Waals surface area contributed by atoms with Gasteiger partial charge in [0.1, 0.15) is 29.8 Å². The second-order valence-corrected chi connectivity index (χ2v) is 5.78. The fourth-order valence-corrected chi connectivity index (χ4v) is 2.63. The lowest BCUT2D eigenvalue weighted by atomic mass is 10.2. The number of carbonyl (C=O) groups is 3. The van der Waals surface area contributed by atoms with Gasteiger partial charge in [-0.15, -0.1) is 0 Å². The molecule has 0 saturated carbocycles. The molecule has 2 aromatic rings. The van der Waals surface area contributed by atoms with E-state index in [0.717, 1.165) is 17.3 Å². The van der Waals surface area contributed by atoms with Crippen molar-refractivity contribution < 1.29 is 28.6 Å². The van der Waals surface area contributed by atoms with Gasteiger partial charge in [0.15, 0.2) is 0 Å². The fourth-order valence-electron chi connectivity index (χ4n) is 1.95. The molecule has 0 spiro atoms. The Balaban J connectivity index is 1.62. The van der Waals surface area contributed by atoms with Crippen LogP contribution in [0.2, 0.25) is 0 Å². The van der Waals surface area contributed by atoms with Gasteiger partial charge in [-0.1, -0.05) is 12.1 Å². The van der Waals surface area contributed by atoms with E-state index in [4.69, 9.17) is 9.15 Å². The van der Waals surface area contributed by atoms with E-state index in [-0.39, 0.29) is 17.6 Å². The summed E-state index contributed by atoms with van der Waals surface area (Å²) in [5.41, 5.74) is 0.743. The first kappa shape index (κ1) is 15.9. The lowest BCUT2D eigenvalue weighted by Crippen LogP contribution is -2.21. The number of nitrogens with one attached hydrogen (secondary N) is 1. The molecule has 122 valence electrons. The van der Waals surface area contributed by atoms with E-state index in [2.05, 4.69) is 5.32 Å². The van der Waals surface area contributed by atoms with Crippen LogP contribution in [0.1, 0.15) is 21.9 Å². The summed E-state index contributed by atoms with van der Waals surface area (Å²) in [6.45, 7) is 0.0699. The smallest absolute Gasteiger partial charge is 0.290 e. The molecule has 2 heterocycles. The Morgan fingerprint density at radius 2 is 1.96 bits per heavy atom. The van der Waals surface area contributed by atoms with Gasteiger partial charge < -0.3 is 19.1 Å². The molecular formula is C16H10NO6S-. The van der Waals surface area contributed by atoms with E-state index in [0.29, 0.717) is 16.4 Å². The second-order valence-electron chi connectivity index (χ2n) is 4.76. The van der Waals surface area contributed by atoms with Crippen LogP contribution in [0.25, 0.3) is 6.08 Å². The topological polar surface area (TPSA) is 109 Å². The number of furan rings is 1. The van der Waals surface area contributed by atoms with Gasteiger partial charge in [-0.25, -0.2) is 0 Å². The Hall–Kier alpha value is -3.00. The monoisotopic (exact) mass is 344 g/mol. The number of hydrogen-bond donors (Lipinski definition) is 1. The van der Waals surface area contributed by atoms with Gasteiger partial charge >= 0.3 is 0 Å². The van der Waals surface area contributed by atoms with Crippen molar-refractivity contribution >= 4 is 35.0 Å². The van der Waals surface area contributed by atoms with Gasteiger partial charge in [-0.05, 0) is 47.7 Å². The molecule has 1 aliphatic heterocycles. The van der Waals surface area contributed by atoms with E-state index >= 15 is 0 Å². The Labute approximate surface area is 140 Å². The maximum Gasteiger partial charge on any atom is 0.290 e. The molecule has 1 fully saturated rings. The van der Waals surface area contributed by atoms with Crippen LogP contribution >= 0.6 is 11.8 Å². The number of carboxylic acids is 1. The van der Waals surface area contributed by atoms with Crippen molar-refractivity contribution in [2.24, 2.45) is 0 Å². The number of carbonyl (C=O) groups excluding carboxylic acids is 3. The quantitative estimate of drug-likeness (QED) is 0.820. The van der Waals surface area contributed by atoms with Gasteiger partial charge in [-0.3, -0.25) is 14.9 Å². The fraction of sp³-hybridized carbons (Fsp3) is 0.0625. The van der Waals surface area contributed by atoms with Gasteiger partial charge in [0, 0.05) is 0 Å². The maximum atomic E-state index is 11.5. The van der Waals surface area contributed by atoms with Gasteiger partial charge in [-0.2, -0.15) is 0 Å². The SMILES string of the molecule is O=C1NC(=O)/C(=C\c2ccc(OCc3ccc(C(=O)[O-])o3)cc2)S1. The highest BCUT2D eigenvalue weighted by atomic mass is 32.2. The zero-order valence-electron chi connectivity index (χ0n) is 12.1. The van der Waals surface area contributed by atoms with Crippen molar-refractivity contribution in [3.63, 3.8) is 0 Å². The molecule has 0 bridgehead atoms. The highest BCUT2D eigenvalue weighted by Crippen LogP contribution is 2.26. The minimum atomic E-state index is -1.38. The predicted octanol–water partition coefficient (Wildman–Crippen LogP) is 1.55. The van der Waals surface area contributed by atoms with Gasteiger partial charge in [0.25, 0.3) is 11.1 Å². The molecule has 8 heteroatoms.